The lowest BCUT2D eigenvalue weighted by atomic mass is 9.79. The fourth-order valence-corrected chi connectivity index (χ4v) is 6.83. The highest BCUT2D eigenvalue weighted by molar-refractivity contribution is 5.84. The number of carbonyl (C=O) groups is 1. The fraction of sp³-hybridized carbons (Fsp3) is 0.471. The van der Waals surface area contributed by atoms with Crippen molar-refractivity contribution in [3.05, 3.63) is 76.0 Å². The molecule has 0 bridgehead atoms. The van der Waals surface area contributed by atoms with Gasteiger partial charge in [-0.05, 0) is 113 Å². The number of nitrogens with zero attached hydrogens (tertiary/aromatic N) is 1. The van der Waals surface area contributed by atoms with Crippen molar-refractivity contribution in [2.75, 3.05) is 6.61 Å². The molecular weight excluding hydrogens is 540 g/mol. The predicted molar refractivity (Wildman–Crippen MR) is 156 cm³/mol. The average molecular weight is 580 g/mol. The molecule has 2 aliphatic carbocycles. The molecule has 6 nitrogen and oxygen atoms in total. The summed E-state index contributed by atoms with van der Waals surface area (Å²) in [5.41, 5.74) is 2.39. The normalized spacial score (nSPS) is 19.5. The van der Waals surface area contributed by atoms with Gasteiger partial charge in [0.1, 0.15) is 29.8 Å². The van der Waals surface area contributed by atoms with Crippen molar-refractivity contribution in [2.24, 2.45) is 17.8 Å². The van der Waals surface area contributed by atoms with Crippen LogP contribution >= 0.6 is 0 Å². The van der Waals surface area contributed by atoms with Crippen LogP contribution in [0.4, 0.5) is 8.78 Å². The molecule has 0 aliphatic heterocycles. The summed E-state index contributed by atoms with van der Waals surface area (Å²) >= 11 is 0. The molecule has 2 N–H and O–H groups in total. The molecule has 0 saturated heterocycles. The SMILES string of the molecule is CC(=O)[C@H]1[C@@H]2Cc3cc(OCc4cc(-c5c(C)cc(OCC(C(C)(C)O)C(C)(C)O)cc5C)c(F)cc4F)ncc3[C@@H]21. The maximum atomic E-state index is 15.1. The van der Waals surface area contributed by atoms with Crippen molar-refractivity contribution in [3.63, 3.8) is 0 Å². The van der Waals surface area contributed by atoms with Crippen molar-refractivity contribution in [1.29, 1.82) is 0 Å². The topological polar surface area (TPSA) is 88.9 Å². The van der Waals surface area contributed by atoms with Gasteiger partial charge in [0.15, 0.2) is 0 Å². The molecule has 2 aliphatic rings. The molecular formula is C34H39F2NO5. The van der Waals surface area contributed by atoms with E-state index in [0.29, 0.717) is 23.1 Å². The largest absolute Gasteiger partial charge is 0.493 e. The van der Waals surface area contributed by atoms with E-state index in [-0.39, 0.29) is 42.0 Å². The number of hydrogen-bond acceptors (Lipinski definition) is 6. The fourth-order valence-electron chi connectivity index (χ4n) is 6.83. The molecule has 3 aromatic rings. The van der Waals surface area contributed by atoms with Crippen LogP contribution in [0.5, 0.6) is 11.6 Å². The number of ketones is 1. The number of carbonyl (C=O) groups excluding carboxylic acids is 1. The zero-order valence-electron chi connectivity index (χ0n) is 25.2. The lowest BCUT2D eigenvalue weighted by Crippen LogP contribution is -2.48. The summed E-state index contributed by atoms with van der Waals surface area (Å²) in [5.74, 6) is -0.150. The standard InChI is InChI=1S/C34H39F2NO5/c1-17-8-22(41-16-28(33(4,5)39)34(6,7)40)9-18(2)30(17)23-11-21(26(35)13-27(23)36)15-42-29-12-20-10-24-31(19(3)38)32(24)25(20)14-37-29/h8-9,11-14,24,28,31-32,39-40H,10,15-16H2,1-7H3/t24-,31-,32+/m0/s1. The maximum Gasteiger partial charge on any atom is 0.213 e. The summed E-state index contributed by atoms with van der Waals surface area (Å²) in [6, 6.07) is 7.74. The van der Waals surface area contributed by atoms with Gasteiger partial charge >= 0.3 is 0 Å². The van der Waals surface area contributed by atoms with E-state index in [1.54, 1.807) is 52.9 Å². The second kappa shape index (κ2) is 10.7. The summed E-state index contributed by atoms with van der Waals surface area (Å²) < 4.78 is 41.8. The van der Waals surface area contributed by atoms with Crippen molar-refractivity contribution in [3.8, 4) is 22.8 Å². The number of halogens is 2. The second-order valence-electron chi connectivity index (χ2n) is 13.1. The number of pyridine rings is 1. The number of aliphatic hydroxyl groups is 2. The first-order valence-electron chi connectivity index (χ1n) is 14.4. The highest BCUT2D eigenvalue weighted by Crippen LogP contribution is 2.61. The van der Waals surface area contributed by atoms with Crippen molar-refractivity contribution in [2.45, 2.75) is 78.6 Å². The Bertz CT molecular complexity index is 1500. The minimum absolute atomic E-state index is 0.0764. The zero-order valence-corrected chi connectivity index (χ0v) is 25.2. The Morgan fingerprint density at radius 1 is 1.00 bits per heavy atom. The monoisotopic (exact) mass is 579 g/mol. The van der Waals surface area contributed by atoms with Gasteiger partial charge in [-0.2, -0.15) is 0 Å². The van der Waals surface area contributed by atoms with Gasteiger partial charge in [-0.25, -0.2) is 13.8 Å². The van der Waals surface area contributed by atoms with Crippen LogP contribution in [0, 0.1) is 43.2 Å². The molecule has 0 amide bonds. The molecule has 1 aromatic heterocycles. The molecule has 224 valence electrons. The Labute approximate surface area is 245 Å². The van der Waals surface area contributed by atoms with E-state index in [9.17, 15) is 19.4 Å². The molecule has 5 rings (SSSR count). The van der Waals surface area contributed by atoms with Crippen LogP contribution in [0.2, 0.25) is 0 Å². The molecule has 42 heavy (non-hydrogen) atoms. The third-order valence-electron chi connectivity index (χ3n) is 8.86. The molecule has 0 radical (unpaired) electrons. The average Bonchev–Trinajstić information content (AvgIpc) is 3.45. The van der Waals surface area contributed by atoms with Crippen molar-refractivity contribution >= 4 is 5.78 Å². The van der Waals surface area contributed by atoms with E-state index >= 15 is 4.39 Å². The van der Waals surface area contributed by atoms with Crippen LogP contribution in [-0.4, -0.2) is 38.8 Å². The highest BCUT2D eigenvalue weighted by Gasteiger charge is 2.58. The molecule has 1 fully saturated rings. The van der Waals surface area contributed by atoms with Gasteiger partial charge in [0.05, 0.1) is 17.8 Å². The van der Waals surface area contributed by atoms with Crippen LogP contribution in [0.3, 0.4) is 0 Å². The smallest absolute Gasteiger partial charge is 0.213 e. The summed E-state index contributed by atoms with van der Waals surface area (Å²) in [6.45, 7) is 11.8. The number of fused-ring (bicyclic) bond motifs is 3. The molecule has 3 atom stereocenters. The van der Waals surface area contributed by atoms with E-state index < -0.39 is 28.8 Å². The third kappa shape index (κ3) is 5.79. The lowest BCUT2D eigenvalue weighted by Gasteiger charge is -2.37. The summed E-state index contributed by atoms with van der Waals surface area (Å²) in [7, 11) is 0. The van der Waals surface area contributed by atoms with E-state index in [2.05, 4.69) is 4.98 Å². The Morgan fingerprint density at radius 2 is 1.64 bits per heavy atom. The molecule has 8 heteroatoms. The van der Waals surface area contributed by atoms with Gasteiger partial charge in [0, 0.05) is 41.3 Å². The van der Waals surface area contributed by atoms with Crippen LogP contribution in [-0.2, 0) is 17.8 Å². The van der Waals surface area contributed by atoms with Gasteiger partial charge in [-0.15, -0.1) is 0 Å². The molecule has 2 aromatic carbocycles. The van der Waals surface area contributed by atoms with E-state index in [0.717, 1.165) is 34.7 Å². The number of rotatable bonds is 10. The summed E-state index contributed by atoms with van der Waals surface area (Å²) in [5, 5.41) is 21.1. The lowest BCUT2D eigenvalue weighted by molar-refractivity contribution is -0.118. The molecule has 0 unspecified atom stereocenters. The number of benzene rings is 2. The van der Waals surface area contributed by atoms with Gasteiger partial charge < -0.3 is 19.7 Å². The quantitative estimate of drug-likeness (QED) is 0.296. The molecule has 0 spiro atoms. The van der Waals surface area contributed by atoms with Gasteiger partial charge in [0.25, 0.3) is 0 Å². The first-order chi connectivity index (χ1) is 19.6. The van der Waals surface area contributed by atoms with E-state index in [4.69, 9.17) is 9.47 Å². The van der Waals surface area contributed by atoms with Gasteiger partial charge in [0.2, 0.25) is 5.88 Å². The Hall–Kier alpha value is -3.36. The Morgan fingerprint density at radius 3 is 2.24 bits per heavy atom. The van der Waals surface area contributed by atoms with Gasteiger partial charge in [-0.3, -0.25) is 4.79 Å². The van der Waals surface area contributed by atoms with Crippen LogP contribution < -0.4 is 9.47 Å². The number of ether oxygens (including phenoxy) is 2. The zero-order chi connectivity index (χ0) is 30.7. The minimum atomic E-state index is -1.17. The second-order valence-corrected chi connectivity index (χ2v) is 13.1. The van der Waals surface area contributed by atoms with Crippen LogP contribution in [0.15, 0.2) is 36.5 Å². The highest BCUT2D eigenvalue weighted by atomic mass is 19.1. The first kappa shape index (κ1) is 30.1. The van der Waals surface area contributed by atoms with E-state index in [1.165, 1.54) is 6.07 Å². The minimum Gasteiger partial charge on any atom is -0.493 e. The molecule has 1 heterocycles. The maximum absolute atomic E-state index is 15.1. The summed E-state index contributed by atoms with van der Waals surface area (Å²) in [4.78, 5) is 16.2. The number of aromatic nitrogens is 1. The number of Topliss-reactive ketones (excluding diaryl/α,β-unsaturated/α-hetero) is 1. The molecule has 1 saturated carbocycles. The Kier molecular flexibility index (Phi) is 7.69. The number of aryl methyl sites for hydroxylation is 2. The van der Waals surface area contributed by atoms with Crippen molar-refractivity contribution in [1.82, 2.24) is 4.98 Å². The Balaban J connectivity index is 1.33. The van der Waals surface area contributed by atoms with Crippen LogP contribution in [0.25, 0.3) is 11.1 Å². The number of hydrogen-bond donors (Lipinski definition) is 2. The van der Waals surface area contributed by atoms with Crippen LogP contribution in [0.1, 0.15) is 68.4 Å². The van der Waals surface area contributed by atoms with Gasteiger partial charge in [-0.1, -0.05) is 0 Å². The summed E-state index contributed by atoms with van der Waals surface area (Å²) in [6.07, 6.45) is 2.57. The first-order valence-corrected chi connectivity index (χ1v) is 14.4. The third-order valence-corrected chi connectivity index (χ3v) is 8.86. The van der Waals surface area contributed by atoms with E-state index in [1.807, 2.05) is 19.9 Å². The predicted octanol–water partition coefficient (Wildman–Crippen LogP) is 6.23. The van der Waals surface area contributed by atoms with Crippen molar-refractivity contribution < 1.29 is 33.3 Å².